The number of likely N-dealkylation sites (N-methyl/N-ethyl adjacent to an activating group) is 1. The van der Waals surface area contributed by atoms with Crippen molar-refractivity contribution in [3.8, 4) is 11.1 Å². The molecule has 0 aliphatic carbocycles. The number of nitrogens with zero attached hydrogens (tertiary/aromatic N) is 4. The summed E-state index contributed by atoms with van der Waals surface area (Å²) in [5.41, 5.74) is 7.15. The van der Waals surface area contributed by atoms with Crippen LogP contribution in [0.15, 0.2) is 59.9 Å². The van der Waals surface area contributed by atoms with Crippen molar-refractivity contribution < 1.29 is 14.0 Å². The van der Waals surface area contributed by atoms with Crippen LogP contribution in [0.5, 0.6) is 0 Å². The number of pyridine rings is 1. The fourth-order valence-electron chi connectivity index (χ4n) is 4.40. The minimum Gasteiger partial charge on any atom is -0.369 e. The van der Waals surface area contributed by atoms with Crippen LogP contribution in [0.3, 0.4) is 0 Å². The minimum atomic E-state index is -1.49. The first-order valence-electron chi connectivity index (χ1n) is 11.8. The van der Waals surface area contributed by atoms with Crippen LogP contribution in [0.25, 0.3) is 11.1 Å². The summed E-state index contributed by atoms with van der Waals surface area (Å²) in [4.78, 5) is 36.2. The van der Waals surface area contributed by atoms with Crippen molar-refractivity contribution in [3.05, 3.63) is 77.6 Å². The van der Waals surface area contributed by atoms with Crippen LogP contribution in [-0.4, -0.2) is 39.1 Å². The monoisotopic (exact) mass is 475 g/mol. The summed E-state index contributed by atoms with van der Waals surface area (Å²) >= 11 is 0. The highest BCUT2D eigenvalue weighted by molar-refractivity contribution is 6.09. The van der Waals surface area contributed by atoms with Crippen molar-refractivity contribution in [1.29, 1.82) is 0 Å². The van der Waals surface area contributed by atoms with Crippen molar-refractivity contribution in [3.63, 3.8) is 0 Å². The van der Waals surface area contributed by atoms with Crippen LogP contribution in [0.1, 0.15) is 55.2 Å². The third kappa shape index (κ3) is 4.24. The predicted octanol–water partition coefficient (Wildman–Crippen LogP) is 4.36. The number of rotatable bonds is 8. The summed E-state index contributed by atoms with van der Waals surface area (Å²) in [6.45, 7) is 6.70. The van der Waals surface area contributed by atoms with Gasteiger partial charge in [0.1, 0.15) is 0 Å². The SMILES string of the molecule is CCC(=O)c1cc(C2(c3cccc(-c4cccnc4F)c3)N=C(N)N(C)C2=O)cn1CCC(C)C. The maximum absolute atomic E-state index is 14.5. The van der Waals surface area contributed by atoms with Gasteiger partial charge in [-0.3, -0.25) is 14.5 Å². The van der Waals surface area contributed by atoms with E-state index < -0.39 is 11.5 Å². The van der Waals surface area contributed by atoms with E-state index in [4.69, 9.17) is 5.73 Å². The number of nitrogens with two attached hydrogens (primary N) is 1. The van der Waals surface area contributed by atoms with Gasteiger partial charge < -0.3 is 10.3 Å². The lowest BCUT2D eigenvalue weighted by Gasteiger charge is -2.25. The number of Topliss-reactive ketones (excluding diaryl/α,β-unsaturated/α-hetero) is 1. The summed E-state index contributed by atoms with van der Waals surface area (Å²) in [6, 6.07) is 12.1. The average Bonchev–Trinajstić information content (AvgIpc) is 3.38. The quantitative estimate of drug-likeness (QED) is 0.387. The van der Waals surface area contributed by atoms with Crippen LogP contribution >= 0.6 is 0 Å². The molecule has 0 saturated carbocycles. The Morgan fingerprint density at radius 1 is 1.17 bits per heavy atom. The Morgan fingerprint density at radius 3 is 2.57 bits per heavy atom. The Morgan fingerprint density at radius 2 is 1.94 bits per heavy atom. The van der Waals surface area contributed by atoms with Gasteiger partial charge in [0.2, 0.25) is 5.95 Å². The molecule has 7 nitrogen and oxygen atoms in total. The Labute approximate surface area is 204 Å². The minimum absolute atomic E-state index is 0.0166. The number of ketones is 1. The van der Waals surface area contributed by atoms with E-state index in [0.717, 1.165) is 6.42 Å². The summed E-state index contributed by atoms with van der Waals surface area (Å²) in [5.74, 6) is -0.440. The summed E-state index contributed by atoms with van der Waals surface area (Å²) in [7, 11) is 1.57. The number of benzene rings is 1. The molecule has 3 heterocycles. The van der Waals surface area contributed by atoms with Gasteiger partial charge in [0.15, 0.2) is 17.3 Å². The zero-order valence-corrected chi connectivity index (χ0v) is 20.5. The molecule has 1 amide bonds. The van der Waals surface area contributed by atoms with Crippen LogP contribution in [-0.2, 0) is 16.9 Å². The molecule has 1 aliphatic rings. The van der Waals surface area contributed by atoms with Gasteiger partial charge in [0, 0.05) is 43.5 Å². The van der Waals surface area contributed by atoms with E-state index in [9.17, 15) is 14.0 Å². The van der Waals surface area contributed by atoms with Gasteiger partial charge in [-0.05, 0) is 47.7 Å². The Hall–Kier alpha value is -3.81. The van der Waals surface area contributed by atoms with Crippen LogP contribution in [0.4, 0.5) is 4.39 Å². The highest BCUT2D eigenvalue weighted by Gasteiger charge is 2.50. The fourth-order valence-corrected chi connectivity index (χ4v) is 4.40. The normalized spacial score (nSPS) is 17.8. The molecular formula is C27H30FN5O2. The predicted molar refractivity (Wildman–Crippen MR) is 133 cm³/mol. The van der Waals surface area contributed by atoms with Crippen LogP contribution < -0.4 is 5.73 Å². The Kier molecular flexibility index (Phi) is 6.56. The zero-order chi connectivity index (χ0) is 25.3. The Balaban J connectivity index is 1.93. The molecule has 0 spiro atoms. The van der Waals surface area contributed by atoms with Crippen molar-refractivity contribution in [2.75, 3.05) is 7.05 Å². The molecule has 35 heavy (non-hydrogen) atoms. The number of aromatic nitrogens is 2. The van der Waals surface area contributed by atoms with Gasteiger partial charge in [-0.2, -0.15) is 4.39 Å². The van der Waals surface area contributed by atoms with Crippen LogP contribution in [0, 0.1) is 11.9 Å². The first-order valence-corrected chi connectivity index (χ1v) is 11.8. The third-order valence-corrected chi connectivity index (χ3v) is 6.46. The largest absolute Gasteiger partial charge is 0.369 e. The molecule has 1 aliphatic heterocycles. The van der Waals surface area contributed by atoms with E-state index in [2.05, 4.69) is 23.8 Å². The molecule has 0 radical (unpaired) electrons. The molecule has 0 fully saturated rings. The number of guanidine groups is 1. The van der Waals surface area contributed by atoms with Crippen molar-refractivity contribution in [2.24, 2.45) is 16.6 Å². The number of halogens is 1. The number of aliphatic imine (C=N–C) groups is 1. The van der Waals surface area contributed by atoms with Gasteiger partial charge in [0.05, 0.1) is 5.69 Å². The number of hydrogen-bond donors (Lipinski definition) is 1. The second-order valence-electron chi connectivity index (χ2n) is 9.23. The van der Waals surface area contributed by atoms with Crippen LogP contribution in [0.2, 0.25) is 0 Å². The number of aryl methyl sites for hydroxylation is 1. The Bertz CT molecular complexity index is 1310. The summed E-state index contributed by atoms with van der Waals surface area (Å²) in [5, 5.41) is 0. The topological polar surface area (TPSA) is 93.6 Å². The second kappa shape index (κ2) is 9.44. The first kappa shape index (κ1) is 24.3. The van der Waals surface area contributed by atoms with E-state index >= 15 is 0 Å². The van der Waals surface area contributed by atoms with Gasteiger partial charge in [0.25, 0.3) is 5.91 Å². The molecule has 1 atom stereocenters. The van der Waals surface area contributed by atoms with Gasteiger partial charge in [-0.25, -0.2) is 9.98 Å². The maximum atomic E-state index is 14.5. The first-order chi connectivity index (χ1) is 16.7. The lowest BCUT2D eigenvalue weighted by Crippen LogP contribution is -2.41. The highest BCUT2D eigenvalue weighted by Crippen LogP contribution is 2.41. The molecule has 3 aromatic rings. The number of carbonyl (C=O) groups excluding carboxylic acids is 2. The average molecular weight is 476 g/mol. The highest BCUT2D eigenvalue weighted by atomic mass is 19.1. The van der Waals surface area contributed by atoms with E-state index in [0.29, 0.717) is 46.8 Å². The number of carbonyl (C=O) groups is 2. The van der Waals surface area contributed by atoms with Crippen molar-refractivity contribution in [2.45, 2.75) is 45.7 Å². The molecule has 0 saturated heterocycles. The molecule has 2 N–H and O–H groups in total. The fraction of sp³-hybridized carbons (Fsp3) is 0.333. The number of amides is 1. The maximum Gasteiger partial charge on any atom is 0.266 e. The zero-order valence-electron chi connectivity index (χ0n) is 20.5. The second-order valence-corrected chi connectivity index (χ2v) is 9.23. The van der Waals surface area contributed by atoms with E-state index in [1.807, 2.05) is 17.7 Å². The van der Waals surface area contributed by atoms with Crippen molar-refractivity contribution >= 4 is 17.6 Å². The summed E-state index contributed by atoms with van der Waals surface area (Å²) in [6.07, 6.45) is 4.43. The molecular weight excluding hydrogens is 445 g/mol. The van der Waals surface area contributed by atoms with Gasteiger partial charge >= 0.3 is 0 Å². The molecule has 8 heteroatoms. The van der Waals surface area contributed by atoms with Gasteiger partial charge in [-0.1, -0.05) is 39.0 Å². The molecule has 1 aromatic carbocycles. The molecule has 4 rings (SSSR count). The van der Waals surface area contributed by atoms with Gasteiger partial charge in [-0.15, -0.1) is 0 Å². The molecule has 1 unspecified atom stereocenters. The third-order valence-electron chi connectivity index (χ3n) is 6.46. The van der Waals surface area contributed by atoms with E-state index in [-0.39, 0.29) is 17.6 Å². The lowest BCUT2D eigenvalue weighted by molar-refractivity contribution is -0.129. The smallest absolute Gasteiger partial charge is 0.266 e. The molecule has 2 aromatic heterocycles. The van der Waals surface area contributed by atoms with E-state index in [1.165, 1.54) is 11.1 Å². The lowest BCUT2D eigenvalue weighted by atomic mass is 9.83. The standard InChI is InChI=1S/C27H30FN5O2/c1-5-23(34)22-15-20(16-33(22)13-11-17(2)3)27(25(35)32(4)26(29)31-27)19-9-6-8-18(14-19)21-10-7-12-30-24(21)28/h6-10,12,14-17H,5,11,13H2,1-4H3,(H2,29,31). The van der Waals surface area contributed by atoms with E-state index in [1.54, 1.807) is 49.5 Å². The number of hydrogen-bond acceptors (Lipinski definition) is 5. The molecule has 182 valence electrons. The van der Waals surface area contributed by atoms with Crippen molar-refractivity contribution in [1.82, 2.24) is 14.5 Å². The summed E-state index contributed by atoms with van der Waals surface area (Å²) < 4.78 is 16.4. The molecule has 0 bridgehead atoms.